The van der Waals surface area contributed by atoms with Gasteiger partial charge in [-0.2, -0.15) is 0 Å². The molecule has 0 spiro atoms. The van der Waals surface area contributed by atoms with E-state index in [1.165, 1.54) is 56.9 Å². The number of ether oxygens (including phenoxy) is 1. The van der Waals surface area contributed by atoms with Crippen molar-refractivity contribution in [2.75, 3.05) is 6.61 Å². The van der Waals surface area contributed by atoms with E-state index in [2.05, 4.69) is 6.92 Å². The van der Waals surface area contributed by atoms with Crippen molar-refractivity contribution in [3.63, 3.8) is 0 Å². The zero-order valence-electron chi connectivity index (χ0n) is 21.0. The Morgan fingerprint density at radius 2 is 1.79 bits per heavy atom. The first-order valence-electron chi connectivity index (χ1n) is 14.0. The van der Waals surface area contributed by atoms with Crippen molar-refractivity contribution in [1.29, 1.82) is 0 Å². The predicted molar refractivity (Wildman–Crippen MR) is 131 cm³/mol. The molecule has 0 bridgehead atoms. The largest absolute Gasteiger partial charge is 0.462 e. The zero-order chi connectivity index (χ0) is 23.4. The molecular formula is C29H46O4. The zero-order valence-corrected chi connectivity index (χ0v) is 21.0. The normalized spacial score (nSPS) is 37.7. The van der Waals surface area contributed by atoms with Crippen LogP contribution in [-0.2, 0) is 14.3 Å². The molecule has 186 valence electrons. The minimum atomic E-state index is -0.126. The fourth-order valence-electron chi connectivity index (χ4n) is 8.42. The molecule has 3 saturated carbocycles. The number of carbonyl (C=O) groups excluding carboxylic acids is 2. The van der Waals surface area contributed by atoms with Gasteiger partial charge in [-0.25, -0.2) is 0 Å². The molecule has 7 atom stereocenters. The highest BCUT2D eigenvalue weighted by atomic mass is 16.5. The highest BCUT2D eigenvalue weighted by molar-refractivity contribution is 5.91. The average Bonchev–Trinajstić information content (AvgIpc) is 3.10. The number of hydrogen-bond acceptors (Lipinski definition) is 4. The Labute approximate surface area is 200 Å². The standard InChI is InChI=1S/C29H46O4/c1-20(31)33-27-14-13-26-28-21(10-8-6-4-3-5-7-9-17-30)18-22-19-23(32)11-12-24(22)25(28)15-16-29(26,27)2/h19,21,24-28,30H,3-18H2,1-2H3/t21-,24+,25-,26+,27+,28-,29+/m1/s1. The summed E-state index contributed by atoms with van der Waals surface area (Å²) in [4.78, 5) is 24.0. The highest BCUT2D eigenvalue weighted by Crippen LogP contribution is 2.64. The van der Waals surface area contributed by atoms with E-state index in [-0.39, 0.29) is 17.5 Å². The topological polar surface area (TPSA) is 63.6 Å². The van der Waals surface area contributed by atoms with Crippen LogP contribution in [0.25, 0.3) is 0 Å². The van der Waals surface area contributed by atoms with E-state index in [9.17, 15) is 9.59 Å². The molecule has 0 aromatic heterocycles. The summed E-state index contributed by atoms with van der Waals surface area (Å²) in [6, 6.07) is 0. The highest BCUT2D eigenvalue weighted by Gasteiger charge is 2.59. The number of esters is 1. The monoisotopic (exact) mass is 458 g/mol. The fraction of sp³-hybridized carbons (Fsp3) is 0.862. The Bertz CT molecular complexity index is 727. The number of carbonyl (C=O) groups is 2. The van der Waals surface area contributed by atoms with E-state index in [0.29, 0.717) is 30.1 Å². The predicted octanol–water partition coefficient (Wildman–Crippen LogP) is 6.40. The van der Waals surface area contributed by atoms with Crippen LogP contribution in [0.5, 0.6) is 0 Å². The van der Waals surface area contributed by atoms with Crippen LogP contribution in [-0.4, -0.2) is 29.6 Å². The van der Waals surface area contributed by atoms with Crippen LogP contribution >= 0.6 is 0 Å². The Kier molecular flexibility index (Phi) is 8.36. The van der Waals surface area contributed by atoms with Crippen LogP contribution in [0, 0.1) is 35.0 Å². The van der Waals surface area contributed by atoms with Crippen molar-refractivity contribution >= 4 is 11.8 Å². The molecule has 0 radical (unpaired) electrons. The number of unbranched alkanes of at least 4 members (excludes halogenated alkanes) is 6. The number of rotatable bonds is 10. The van der Waals surface area contributed by atoms with Crippen LogP contribution < -0.4 is 0 Å². The molecule has 0 saturated heterocycles. The molecule has 0 aliphatic heterocycles. The first-order chi connectivity index (χ1) is 15.9. The van der Waals surface area contributed by atoms with E-state index in [1.807, 2.05) is 6.08 Å². The molecule has 0 heterocycles. The second kappa shape index (κ2) is 11.1. The van der Waals surface area contributed by atoms with E-state index < -0.39 is 0 Å². The van der Waals surface area contributed by atoms with Crippen molar-refractivity contribution in [3.8, 4) is 0 Å². The lowest BCUT2D eigenvalue weighted by Gasteiger charge is -2.56. The summed E-state index contributed by atoms with van der Waals surface area (Å²) in [5, 5.41) is 8.94. The van der Waals surface area contributed by atoms with Gasteiger partial charge in [-0.1, -0.05) is 51.0 Å². The molecule has 33 heavy (non-hydrogen) atoms. The van der Waals surface area contributed by atoms with Gasteiger partial charge in [0.1, 0.15) is 6.10 Å². The molecule has 0 aromatic carbocycles. The molecule has 4 aliphatic carbocycles. The third-order valence-corrected chi connectivity index (χ3v) is 9.92. The van der Waals surface area contributed by atoms with E-state index in [4.69, 9.17) is 9.84 Å². The second-order valence-corrected chi connectivity index (χ2v) is 11.8. The number of ketones is 1. The molecule has 0 unspecified atom stereocenters. The number of allylic oxidation sites excluding steroid dienone is 1. The summed E-state index contributed by atoms with van der Waals surface area (Å²) < 4.78 is 5.86. The van der Waals surface area contributed by atoms with Crippen molar-refractivity contribution < 1.29 is 19.4 Å². The van der Waals surface area contributed by atoms with Crippen LogP contribution in [0.2, 0.25) is 0 Å². The SMILES string of the molecule is CC(=O)O[C@H]1CC[C@H]2[C@@H]3[C@H](CCCCCCCCCO)CC4=CC(=O)CC[C@@H]4[C@H]3CC[C@]12C. The molecule has 4 heteroatoms. The maximum absolute atomic E-state index is 12.2. The third-order valence-electron chi connectivity index (χ3n) is 9.92. The summed E-state index contributed by atoms with van der Waals surface area (Å²) in [6.07, 6.45) is 19.4. The molecule has 4 nitrogen and oxygen atoms in total. The number of hydrogen-bond donors (Lipinski definition) is 1. The quantitative estimate of drug-likeness (QED) is 0.304. The van der Waals surface area contributed by atoms with Gasteiger partial charge in [-0.15, -0.1) is 0 Å². The van der Waals surface area contributed by atoms with Crippen LogP contribution in [0.3, 0.4) is 0 Å². The van der Waals surface area contributed by atoms with Crippen LogP contribution in [0.4, 0.5) is 0 Å². The molecule has 4 aliphatic rings. The molecule has 0 aromatic rings. The summed E-state index contributed by atoms with van der Waals surface area (Å²) >= 11 is 0. The second-order valence-electron chi connectivity index (χ2n) is 11.8. The van der Waals surface area contributed by atoms with Gasteiger partial charge >= 0.3 is 5.97 Å². The lowest BCUT2D eigenvalue weighted by molar-refractivity contribution is -0.157. The van der Waals surface area contributed by atoms with Gasteiger partial charge in [0.25, 0.3) is 0 Å². The van der Waals surface area contributed by atoms with Gasteiger partial charge in [0.2, 0.25) is 0 Å². The third kappa shape index (κ3) is 5.41. The summed E-state index contributed by atoms with van der Waals surface area (Å²) in [5.74, 6) is 3.62. The minimum Gasteiger partial charge on any atom is -0.462 e. The molecule has 4 rings (SSSR count). The van der Waals surface area contributed by atoms with E-state index in [0.717, 1.165) is 56.8 Å². The summed E-state index contributed by atoms with van der Waals surface area (Å²) in [5.41, 5.74) is 1.60. The fourth-order valence-corrected chi connectivity index (χ4v) is 8.42. The Balaban J connectivity index is 1.44. The minimum absolute atomic E-state index is 0.0883. The lowest BCUT2D eigenvalue weighted by atomic mass is 9.49. The molecule has 0 amide bonds. The summed E-state index contributed by atoms with van der Waals surface area (Å²) in [7, 11) is 0. The maximum atomic E-state index is 12.2. The van der Waals surface area contributed by atoms with Crippen LogP contribution in [0.1, 0.15) is 110 Å². The van der Waals surface area contributed by atoms with Gasteiger partial charge in [0.15, 0.2) is 5.78 Å². The maximum Gasteiger partial charge on any atom is 0.302 e. The molecular weight excluding hydrogens is 412 g/mol. The average molecular weight is 459 g/mol. The van der Waals surface area contributed by atoms with Gasteiger partial charge < -0.3 is 9.84 Å². The Morgan fingerprint density at radius 1 is 1.06 bits per heavy atom. The number of fused-ring (bicyclic) bond motifs is 5. The van der Waals surface area contributed by atoms with Gasteiger partial charge in [-0.3, -0.25) is 9.59 Å². The van der Waals surface area contributed by atoms with Crippen molar-refractivity contribution in [1.82, 2.24) is 0 Å². The van der Waals surface area contributed by atoms with Gasteiger partial charge in [0.05, 0.1) is 0 Å². The Hall–Kier alpha value is -1.16. The van der Waals surface area contributed by atoms with Gasteiger partial charge in [0, 0.05) is 25.4 Å². The van der Waals surface area contributed by atoms with Crippen molar-refractivity contribution in [3.05, 3.63) is 11.6 Å². The van der Waals surface area contributed by atoms with Crippen LogP contribution in [0.15, 0.2) is 11.6 Å². The lowest BCUT2D eigenvalue weighted by Crippen LogP contribution is -2.51. The summed E-state index contributed by atoms with van der Waals surface area (Å²) in [6.45, 7) is 4.29. The van der Waals surface area contributed by atoms with Crippen molar-refractivity contribution in [2.45, 2.75) is 116 Å². The molecule has 3 fully saturated rings. The smallest absolute Gasteiger partial charge is 0.302 e. The van der Waals surface area contributed by atoms with E-state index >= 15 is 0 Å². The first-order valence-corrected chi connectivity index (χ1v) is 14.0. The van der Waals surface area contributed by atoms with E-state index in [1.54, 1.807) is 6.92 Å². The van der Waals surface area contributed by atoms with Gasteiger partial charge in [-0.05, 0) is 87.0 Å². The number of aliphatic hydroxyl groups excluding tert-OH is 1. The Morgan fingerprint density at radius 3 is 2.52 bits per heavy atom. The van der Waals surface area contributed by atoms with Crippen molar-refractivity contribution in [2.24, 2.45) is 35.0 Å². The molecule has 1 N–H and O–H groups in total. The number of aliphatic hydroxyl groups is 1. The first kappa shape index (κ1) is 24.9.